The molecule has 2 aromatic rings. The molecule has 1 amide bonds. The van der Waals surface area contributed by atoms with Gasteiger partial charge in [-0.1, -0.05) is 12.1 Å². The van der Waals surface area contributed by atoms with Crippen LogP contribution in [0.25, 0.3) is 0 Å². The Bertz CT molecular complexity index is 847. The van der Waals surface area contributed by atoms with E-state index in [1.165, 1.54) is 17.7 Å². The van der Waals surface area contributed by atoms with Crippen LogP contribution in [-0.2, 0) is 4.79 Å². The van der Waals surface area contributed by atoms with E-state index in [0.717, 1.165) is 35.6 Å². The fourth-order valence-corrected chi connectivity index (χ4v) is 4.64. The number of rotatable bonds is 6. The summed E-state index contributed by atoms with van der Waals surface area (Å²) in [5.74, 6) is 1.92. The van der Waals surface area contributed by atoms with Crippen molar-refractivity contribution in [1.29, 1.82) is 0 Å². The van der Waals surface area contributed by atoms with E-state index < -0.39 is 0 Å². The van der Waals surface area contributed by atoms with Gasteiger partial charge in [-0.15, -0.1) is 11.8 Å². The van der Waals surface area contributed by atoms with E-state index in [2.05, 4.69) is 30.5 Å². The number of benzene rings is 2. The number of carbonyl (C=O) groups excluding carboxylic acids is 1. The van der Waals surface area contributed by atoms with Gasteiger partial charge in [0.25, 0.3) is 0 Å². The Labute approximate surface area is 171 Å². The largest absolute Gasteiger partial charge is 0.493 e. The molecule has 0 N–H and O–H groups in total. The van der Waals surface area contributed by atoms with Gasteiger partial charge in [-0.05, 0) is 67.8 Å². The topological polar surface area (TPSA) is 38.8 Å². The van der Waals surface area contributed by atoms with E-state index in [1.807, 2.05) is 23.1 Å². The van der Waals surface area contributed by atoms with Gasteiger partial charge in [-0.2, -0.15) is 0 Å². The van der Waals surface area contributed by atoms with E-state index in [0.29, 0.717) is 13.0 Å². The molecule has 0 spiro atoms. The third-order valence-corrected chi connectivity index (χ3v) is 6.47. The van der Waals surface area contributed by atoms with Gasteiger partial charge in [0.1, 0.15) is 0 Å². The number of ether oxygens (including phenoxy) is 2. The molecule has 148 valence electrons. The van der Waals surface area contributed by atoms with Crippen LogP contribution in [0.15, 0.2) is 47.4 Å². The maximum absolute atomic E-state index is 12.7. The number of methoxy groups -OCH3 is 1. The predicted molar refractivity (Wildman–Crippen MR) is 114 cm³/mol. The van der Waals surface area contributed by atoms with Crippen molar-refractivity contribution in [1.82, 2.24) is 0 Å². The van der Waals surface area contributed by atoms with Gasteiger partial charge in [-0.25, -0.2) is 0 Å². The van der Waals surface area contributed by atoms with Crippen molar-refractivity contribution < 1.29 is 14.3 Å². The monoisotopic (exact) mass is 397 g/mol. The molecule has 2 aliphatic rings. The molecular weight excluding hydrogens is 370 g/mol. The van der Waals surface area contributed by atoms with Gasteiger partial charge < -0.3 is 14.4 Å². The molecule has 1 atom stereocenters. The summed E-state index contributed by atoms with van der Waals surface area (Å²) < 4.78 is 11.7. The van der Waals surface area contributed by atoms with E-state index in [4.69, 9.17) is 9.47 Å². The standard InChI is InChI=1S/C23H27NO3S/c1-26-21-11-10-16(12-22(21)27-19-7-3-4-8-19)17-13-23(25)24(15-17)18-6-5-9-20(14-18)28-2/h5-6,9-12,14,17,19H,3-4,7-8,13,15H2,1-2H3/t17-/m1/s1. The molecule has 1 aliphatic heterocycles. The van der Waals surface area contributed by atoms with Crippen LogP contribution in [0.2, 0.25) is 0 Å². The average Bonchev–Trinajstić information content (AvgIpc) is 3.37. The number of thioether (sulfide) groups is 1. The summed E-state index contributed by atoms with van der Waals surface area (Å²) in [7, 11) is 1.68. The number of nitrogens with zero attached hydrogens (tertiary/aromatic N) is 1. The Morgan fingerprint density at radius 2 is 1.89 bits per heavy atom. The normalized spacial score (nSPS) is 20.0. The second-order valence-electron chi connectivity index (χ2n) is 7.54. The van der Waals surface area contributed by atoms with Crippen LogP contribution >= 0.6 is 11.8 Å². The van der Waals surface area contributed by atoms with Gasteiger partial charge in [0.15, 0.2) is 11.5 Å². The van der Waals surface area contributed by atoms with Crippen LogP contribution in [-0.4, -0.2) is 31.9 Å². The van der Waals surface area contributed by atoms with Crippen LogP contribution < -0.4 is 14.4 Å². The molecule has 0 radical (unpaired) electrons. The summed E-state index contributed by atoms with van der Waals surface area (Å²) in [6.07, 6.45) is 7.53. The second-order valence-corrected chi connectivity index (χ2v) is 8.42. The van der Waals surface area contributed by atoms with Crippen molar-refractivity contribution in [2.45, 2.75) is 49.0 Å². The lowest BCUT2D eigenvalue weighted by molar-refractivity contribution is -0.117. The molecule has 0 aromatic heterocycles. The molecular formula is C23H27NO3S. The summed E-state index contributed by atoms with van der Waals surface area (Å²) in [5.41, 5.74) is 2.13. The minimum absolute atomic E-state index is 0.169. The van der Waals surface area contributed by atoms with E-state index >= 15 is 0 Å². The van der Waals surface area contributed by atoms with E-state index in [-0.39, 0.29) is 17.9 Å². The minimum Gasteiger partial charge on any atom is -0.493 e. The third kappa shape index (κ3) is 4.00. The average molecular weight is 398 g/mol. The van der Waals surface area contributed by atoms with Crippen LogP contribution in [0.4, 0.5) is 5.69 Å². The second kappa shape index (κ2) is 8.48. The van der Waals surface area contributed by atoms with Gasteiger partial charge in [0.05, 0.1) is 13.2 Å². The van der Waals surface area contributed by atoms with Gasteiger partial charge in [0, 0.05) is 29.5 Å². The number of hydrogen-bond donors (Lipinski definition) is 0. The first-order valence-corrected chi connectivity index (χ1v) is 11.2. The first kappa shape index (κ1) is 19.2. The zero-order valence-electron chi connectivity index (χ0n) is 16.5. The van der Waals surface area contributed by atoms with Gasteiger partial charge >= 0.3 is 0 Å². The lowest BCUT2D eigenvalue weighted by Gasteiger charge is -2.19. The zero-order valence-corrected chi connectivity index (χ0v) is 17.3. The highest BCUT2D eigenvalue weighted by molar-refractivity contribution is 7.98. The Kier molecular flexibility index (Phi) is 5.81. The summed E-state index contributed by atoms with van der Waals surface area (Å²) in [5, 5.41) is 0. The smallest absolute Gasteiger partial charge is 0.227 e. The Hall–Kier alpha value is -2.14. The predicted octanol–water partition coefficient (Wildman–Crippen LogP) is 5.26. The lowest BCUT2D eigenvalue weighted by Crippen LogP contribution is -2.24. The lowest BCUT2D eigenvalue weighted by atomic mass is 9.98. The molecule has 0 bridgehead atoms. The van der Waals surface area contributed by atoms with Crippen molar-refractivity contribution in [3.05, 3.63) is 48.0 Å². The van der Waals surface area contributed by atoms with Crippen LogP contribution in [0.3, 0.4) is 0 Å². The first-order chi connectivity index (χ1) is 13.7. The summed E-state index contributed by atoms with van der Waals surface area (Å²) in [6, 6.07) is 14.3. The van der Waals surface area contributed by atoms with Gasteiger partial charge in [-0.3, -0.25) is 4.79 Å². The maximum atomic E-state index is 12.7. The number of amides is 1. The summed E-state index contributed by atoms with van der Waals surface area (Å²) >= 11 is 1.69. The maximum Gasteiger partial charge on any atom is 0.227 e. The molecule has 5 heteroatoms. The van der Waals surface area contributed by atoms with E-state index in [9.17, 15) is 4.79 Å². The molecule has 2 aromatic carbocycles. The zero-order chi connectivity index (χ0) is 19.5. The van der Waals surface area contributed by atoms with Crippen molar-refractivity contribution in [3.63, 3.8) is 0 Å². The highest BCUT2D eigenvalue weighted by Crippen LogP contribution is 2.38. The van der Waals surface area contributed by atoms with E-state index in [1.54, 1.807) is 18.9 Å². The molecule has 1 saturated carbocycles. The fraction of sp³-hybridized carbons (Fsp3) is 0.435. The molecule has 1 saturated heterocycles. The SMILES string of the molecule is COc1ccc([C@@H]2CC(=O)N(c3cccc(SC)c3)C2)cc1OC1CCCC1. The third-order valence-electron chi connectivity index (χ3n) is 5.74. The Morgan fingerprint density at radius 3 is 2.64 bits per heavy atom. The molecule has 28 heavy (non-hydrogen) atoms. The van der Waals surface area contributed by atoms with Crippen molar-refractivity contribution in [3.8, 4) is 11.5 Å². The molecule has 0 unspecified atom stereocenters. The van der Waals surface area contributed by atoms with Gasteiger partial charge in [0.2, 0.25) is 5.91 Å². The Balaban J connectivity index is 1.54. The molecule has 4 rings (SSSR count). The fourth-order valence-electron chi connectivity index (χ4n) is 4.18. The first-order valence-electron chi connectivity index (χ1n) is 9.97. The number of hydrogen-bond acceptors (Lipinski definition) is 4. The van der Waals surface area contributed by atoms with Crippen molar-refractivity contribution in [2.24, 2.45) is 0 Å². The highest BCUT2D eigenvalue weighted by atomic mass is 32.2. The minimum atomic E-state index is 0.169. The number of carbonyl (C=O) groups is 1. The Morgan fingerprint density at radius 1 is 1.07 bits per heavy atom. The van der Waals surface area contributed by atoms with Crippen LogP contribution in [0.1, 0.15) is 43.6 Å². The highest BCUT2D eigenvalue weighted by Gasteiger charge is 2.32. The summed E-state index contributed by atoms with van der Waals surface area (Å²) in [4.78, 5) is 15.8. The molecule has 4 nitrogen and oxygen atoms in total. The molecule has 1 aliphatic carbocycles. The van der Waals surface area contributed by atoms with Crippen LogP contribution in [0.5, 0.6) is 11.5 Å². The summed E-state index contributed by atoms with van der Waals surface area (Å²) in [6.45, 7) is 0.700. The molecule has 2 fully saturated rings. The van der Waals surface area contributed by atoms with Crippen molar-refractivity contribution >= 4 is 23.4 Å². The molecule has 1 heterocycles. The van der Waals surface area contributed by atoms with Crippen molar-refractivity contribution in [2.75, 3.05) is 24.8 Å². The number of anilines is 1. The quantitative estimate of drug-likeness (QED) is 0.623. The van der Waals surface area contributed by atoms with Crippen LogP contribution in [0, 0.1) is 0 Å².